The minimum atomic E-state index is -4.39. The van der Waals surface area contributed by atoms with E-state index in [0.29, 0.717) is 40.5 Å². The number of amides is 1. The molecule has 1 amide bonds. The maximum absolute atomic E-state index is 14.3. The van der Waals surface area contributed by atoms with Crippen LogP contribution in [0.15, 0.2) is 66.7 Å². The third-order valence-corrected chi connectivity index (χ3v) is 8.81. The smallest absolute Gasteiger partial charge is 0.416 e. The number of aromatic nitrogens is 1. The van der Waals surface area contributed by atoms with Crippen molar-refractivity contribution in [2.75, 3.05) is 38.3 Å². The molecule has 0 saturated carbocycles. The predicted molar refractivity (Wildman–Crippen MR) is 162 cm³/mol. The lowest BCUT2D eigenvalue weighted by molar-refractivity contribution is -0.137. The van der Waals surface area contributed by atoms with E-state index in [0.717, 1.165) is 61.1 Å². The molecule has 7 rings (SSSR count). The fraction of sp³-hybridized carbons (Fsp3) is 0.353. The molecule has 0 spiro atoms. The van der Waals surface area contributed by atoms with E-state index in [1.165, 1.54) is 25.0 Å². The van der Waals surface area contributed by atoms with Gasteiger partial charge in [0.1, 0.15) is 5.82 Å². The molecule has 3 aromatic carbocycles. The first-order valence-electron chi connectivity index (χ1n) is 15.1. The van der Waals surface area contributed by atoms with Crippen LogP contribution in [0.3, 0.4) is 0 Å². The van der Waals surface area contributed by atoms with Crippen molar-refractivity contribution in [3.05, 3.63) is 83.4 Å². The van der Waals surface area contributed by atoms with Crippen LogP contribution >= 0.6 is 0 Å². The number of anilines is 1. The highest BCUT2D eigenvalue weighted by Gasteiger charge is 2.33. The second-order valence-corrected chi connectivity index (χ2v) is 11.7. The van der Waals surface area contributed by atoms with Crippen LogP contribution in [0.2, 0.25) is 0 Å². The Morgan fingerprint density at radius 3 is 2.43 bits per heavy atom. The van der Waals surface area contributed by atoms with Gasteiger partial charge in [-0.25, -0.2) is 4.98 Å². The zero-order chi connectivity index (χ0) is 30.3. The van der Waals surface area contributed by atoms with Gasteiger partial charge in [-0.05, 0) is 97.9 Å². The molecule has 0 unspecified atom stereocenters. The number of rotatable bonds is 7. The third kappa shape index (κ3) is 5.78. The minimum Gasteiger partial charge on any atom is -0.454 e. The second kappa shape index (κ2) is 11.6. The highest BCUT2D eigenvalue weighted by atomic mass is 19.4. The lowest BCUT2D eigenvalue weighted by Gasteiger charge is -2.29. The molecule has 228 valence electrons. The second-order valence-electron chi connectivity index (χ2n) is 11.7. The quantitative estimate of drug-likeness (QED) is 0.247. The summed E-state index contributed by atoms with van der Waals surface area (Å²) in [7, 11) is 0. The topological polar surface area (TPSA) is 66.9 Å². The van der Waals surface area contributed by atoms with Crippen LogP contribution in [-0.2, 0) is 12.7 Å². The maximum atomic E-state index is 14.3. The molecule has 1 atom stereocenters. The van der Waals surface area contributed by atoms with Crippen LogP contribution in [0.4, 0.5) is 19.0 Å². The fourth-order valence-electron chi connectivity index (χ4n) is 6.46. The molecule has 2 saturated heterocycles. The largest absolute Gasteiger partial charge is 0.454 e. The summed E-state index contributed by atoms with van der Waals surface area (Å²) < 4.78 is 50.1. The van der Waals surface area contributed by atoms with E-state index in [-0.39, 0.29) is 25.3 Å². The number of likely N-dealkylation sites (tertiary alicyclic amines) is 2. The molecule has 0 aliphatic carbocycles. The van der Waals surface area contributed by atoms with Crippen molar-refractivity contribution >= 4 is 22.6 Å². The molecule has 7 nitrogen and oxygen atoms in total. The minimum absolute atomic E-state index is 0.0282. The first kappa shape index (κ1) is 28.5. The Kier molecular flexibility index (Phi) is 7.53. The molecule has 0 radical (unpaired) electrons. The molecule has 4 aromatic rings. The van der Waals surface area contributed by atoms with Gasteiger partial charge in [0.05, 0.1) is 16.6 Å². The molecular formula is C34H33F3N4O3. The van der Waals surface area contributed by atoms with Gasteiger partial charge < -0.3 is 24.6 Å². The number of benzene rings is 3. The predicted octanol–water partition coefficient (Wildman–Crippen LogP) is 6.96. The van der Waals surface area contributed by atoms with Gasteiger partial charge in [-0.1, -0.05) is 24.3 Å². The summed E-state index contributed by atoms with van der Waals surface area (Å²) in [6.07, 6.45) is -0.0389. The number of hydrogen-bond donors (Lipinski definition) is 1. The fourth-order valence-corrected chi connectivity index (χ4v) is 6.46. The van der Waals surface area contributed by atoms with Crippen molar-refractivity contribution in [3.8, 4) is 22.6 Å². The Labute approximate surface area is 253 Å². The number of nitrogens with one attached hydrogen (secondary N) is 1. The van der Waals surface area contributed by atoms with Gasteiger partial charge in [-0.2, -0.15) is 13.2 Å². The average Bonchev–Trinajstić information content (AvgIpc) is 3.81. The van der Waals surface area contributed by atoms with Crippen molar-refractivity contribution in [3.63, 3.8) is 0 Å². The van der Waals surface area contributed by atoms with E-state index >= 15 is 0 Å². The molecule has 3 aliphatic rings. The number of fused-ring (bicyclic) bond motifs is 2. The molecule has 3 aliphatic heterocycles. The first-order valence-corrected chi connectivity index (χ1v) is 15.1. The molecule has 1 aromatic heterocycles. The highest BCUT2D eigenvalue weighted by Crippen LogP contribution is 2.37. The monoisotopic (exact) mass is 602 g/mol. The Balaban J connectivity index is 1.22. The van der Waals surface area contributed by atoms with E-state index < -0.39 is 11.7 Å². The van der Waals surface area contributed by atoms with Crippen LogP contribution in [0.5, 0.6) is 11.5 Å². The number of ether oxygens (including phenoxy) is 2. The Bertz CT molecular complexity index is 1690. The number of carbonyl (C=O) groups is 1. The summed E-state index contributed by atoms with van der Waals surface area (Å²) in [6, 6.07) is 18.6. The Morgan fingerprint density at radius 1 is 0.886 bits per heavy atom. The van der Waals surface area contributed by atoms with E-state index in [2.05, 4.69) is 10.2 Å². The lowest BCUT2D eigenvalue weighted by atomic mass is 9.99. The zero-order valence-electron chi connectivity index (χ0n) is 24.2. The summed E-state index contributed by atoms with van der Waals surface area (Å²) in [4.78, 5) is 23.6. The standard InChI is InChI=1S/C34H33F3N4O3/c35-34(36,37)25-9-5-22(6-10-25)19-38-32-18-28(33(42)41-15-3-4-26(41)20-40-13-1-2-14-40)27-16-23(7-11-29(27)39-32)24-8-12-30-31(17-24)44-21-43-30/h5-12,16-18,26H,1-4,13-15,19-21H2,(H,38,39)/t26-/m0/s1. The lowest BCUT2D eigenvalue weighted by Crippen LogP contribution is -2.42. The van der Waals surface area contributed by atoms with E-state index in [1.807, 2.05) is 41.3 Å². The third-order valence-electron chi connectivity index (χ3n) is 8.81. The van der Waals surface area contributed by atoms with Crippen LogP contribution in [0.25, 0.3) is 22.0 Å². The van der Waals surface area contributed by atoms with E-state index in [1.54, 1.807) is 6.07 Å². The number of halogens is 3. The number of hydrogen-bond acceptors (Lipinski definition) is 6. The van der Waals surface area contributed by atoms with Gasteiger partial charge in [0.2, 0.25) is 6.79 Å². The maximum Gasteiger partial charge on any atom is 0.416 e. The van der Waals surface area contributed by atoms with Gasteiger partial charge in [0.25, 0.3) is 5.91 Å². The molecule has 0 bridgehead atoms. The normalized spacial score (nSPS) is 18.3. The zero-order valence-corrected chi connectivity index (χ0v) is 24.2. The molecular weight excluding hydrogens is 569 g/mol. The number of carbonyl (C=O) groups excluding carboxylic acids is 1. The van der Waals surface area contributed by atoms with Crippen molar-refractivity contribution in [2.45, 2.75) is 44.4 Å². The summed E-state index contributed by atoms with van der Waals surface area (Å²) in [6.45, 7) is 4.20. The van der Waals surface area contributed by atoms with E-state index in [9.17, 15) is 18.0 Å². The van der Waals surface area contributed by atoms with Gasteiger partial charge in [0.15, 0.2) is 11.5 Å². The summed E-state index contributed by atoms with van der Waals surface area (Å²) in [5.41, 5.74) is 3.06. The van der Waals surface area contributed by atoms with Crippen LogP contribution in [0.1, 0.15) is 47.2 Å². The van der Waals surface area contributed by atoms with Crippen molar-refractivity contribution in [1.82, 2.24) is 14.8 Å². The molecule has 44 heavy (non-hydrogen) atoms. The summed E-state index contributed by atoms with van der Waals surface area (Å²) in [5.74, 6) is 1.85. The molecule has 2 fully saturated rings. The molecule has 10 heteroatoms. The van der Waals surface area contributed by atoms with Crippen LogP contribution < -0.4 is 14.8 Å². The van der Waals surface area contributed by atoms with Gasteiger partial charge >= 0.3 is 6.18 Å². The number of pyridine rings is 1. The molecule has 4 heterocycles. The van der Waals surface area contributed by atoms with Gasteiger partial charge in [-0.3, -0.25) is 4.79 Å². The SMILES string of the molecule is O=C(c1cc(NCc2ccc(C(F)(F)F)cc2)nc2ccc(-c3ccc4c(c3)OCO4)cc12)N1CCC[C@H]1CN1CCCC1. The summed E-state index contributed by atoms with van der Waals surface area (Å²) in [5, 5.41) is 3.99. The van der Waals surface area contributed by atoms with Crippen molar-refractivity contribution in [2.24, 2.45) is 0 Å². The first-order chi connectivity index (χ1) is 21.3. The van der Waals surface area contributed by atoms with Crippen LogP contribution in [-0.4, -0.2) is 59.7 Å². The van der Waals surface area contributed by atoms with Crippen molar-refractivity contribution < 1.29 is 27.4 Å². The van der Waals surface area contributed by atoms with Gasteiger partial charge in [-0.15, -0.1) is 0 Å². The molecule has 1 N–H and O–H groups in total. The highest BCUT2D eigenvalue weighted by molar-refractivity contribution is 6.08. The van der Waals surface area contributed by atoms with Gasteiger partial charge in [0, 0.05) is 31.1 Å². The Hall–Kier alpha value is -4.31. The number of nitrogens with zero attached hydrogens (tertiary/aromatic N) is 3. The van der Waals surface area contributed by atoms with E-state index in [4.69, 9.17) is 14.5 Å². The van der Waals surface area contributed by atoms with Crippen LogP contribution in [0, 0.1) is 0 Å². The average molecular weight is 603 g/mol. The summed E-state index contributed by atoms with van der Waals surface area (Å²) >= 11 is 0. The Morgan fingerprint density at radius 2 is 1.64 bits per heavy atom. The van der Waals surface area contributed by atoms with Crippen molar-refractivity contribution in [1.29, 1.82) is 0 Å². The number of alkyl halides is 3.